The van der Waals surface area contributed by atoms with Crippen molar-refractivity contribution >= 4 is 28.4 Å². The summed E-state index contributed by atoms with van der Waals surface area (Å²) >= 11 is 5.86. The van der Waals surface area contributed by atoms with Crippen molar-refractivity contribution < 1.29 is 18.0 Å². The average Bonchev–Trinajstić information content (AvgIpc) is 2.65. The summed E-state index contributed by atoms with van der Waals surface area (Å²) in [5, 5.41) is 10.8. The second-order valence-electron chi connectivity index (χ2n) is 6.10. The van der Waals surface area contributed by atoms with Crippen molar-refractivity contribution in [3.05, 3.63) is 69.0 Å². The van der Waals surface area contributed by atoms with Crippen LogP contribution in [0, 0.1) is 0 Å². The van der Waals surface area contributed by atoms with Gasteiger partial charge in [-0.15, -0.1) is 5.10 Å². The van der Waals surface area contributed by atoms with Gasteiger partial charge in [0.25, 0.3) is 11.5 Å². The molecule has 28 heavy (non-hydrogen) atoms. The molecule has 10 heteroatoms. The van der Waals surface area contributed by atoms with Crippen LogP contribution < -0.4 is 10.9 Å². The Labute approximate surface area is 161 Å². The molecule has 1 N–H and O–H groups in total. The summed E-state index contributed by atoms with van der Waals surface area (Å²) in [7, 11) is 0. The van der Waals surface area contributed by atoms with Gasteiger partial charge in [0, 0.05) is 11.6 Å². The molecule has 0 aliphatic heterocycles. The molecular formula is C18H14ClF3N4O2. The van der Waals surface area contributed by atoms with Gasteiger partial charge < -0.3 is 5.32 Å². The fourth-order valence-corrected chi connectivity index (χ4v) is 2.83. The van der Waals surface area contributed by atoms with E-state index in [1.54, 1.807) is 6.92 Å². The van der Waals surface area contributed by atoms with Crippen LogP contribution in [0.5, 0.6) is 0 Å². The highest BCUT2D eigenvalue weighted by atomic mass is 35.5. The Hall–Kier alpha value is -2.94. The second kappa shape index (κ2) is 7.59. The molecule has 1 heterocycles. The first-order chi connectivity index (χ1) is 13.2. The highest BCUT2D eigenvalue weighted by molar-refractivity contribution is 6.31. The number of carbonyl (C=O) groups excluding carboxylic acids is 1. The van der Waals surface area contributed by atoms with Crippen molar-refractivity contribution in [3.8, 4) is 0 Å². The van der Waals surface area contributed by atoms with Gasteiger partial charge in [0.1, 0.15) is 5.52 Å². The number of nitrogens with zero attached hydrogens (tertiary/aromatic N) is 3. The molecule has 2 aromatic carbocycles. The van der Waals surface area contributed by atoms with Crippen LogP contribution in [0.3, 0.4) is 0 Å². The molecule has 0 saturated carbocycles. The zero-order valence-electron chi connectivity index (χ0n) is 14.5. The van der Waals surface area contributed by atoms with E-state index in [1.807, 2.05) is 0 Å². The average molecular weight is 411 g/mol. The first-order valence-corrected chi connectivity index (χ1v) is 8.55. The van der Waals surface area contributed by atoms with Crippen LogP contribution in [-0.2, 0) is 6.18 Å². The van der Waals surface area contributed by atoms with E-state index < -0.39 is 34.8 Å². The molecule has 0 radical (unpaired) electrons. The Kier molecular flexibility index (Phi) is 5.37. The number of fused-ring (bicyclic) bond motifs is 1. The van der Waals surface area contributed by atoms with E-state index in [9.17, 15) is 22.8 Å². The number of hydrogen-bond acceptors (Lipinski definition) is 4. The number of alkyl halides is 3. The highest BCUT2D eigenvalue weighted by Crippen LogP contribution is 2.31. The van der Waals surface area contributed by atoms with Gasteiger partial charge in [-0.1, -0.05) is 28.9 Å². The zero-order chi connectivity index (χ0) is 20.5. The lowest BCUT2D eigenvalue weighted by Gasteiger charge is -2.16. The number of hydrogen-bond donors (Lipinski definition) is 1. The van der Waals surface area contributed by atoms with Crippen molar-refractivity contribution in [1.29, 1.82) is 0 Å². The number of amides is 1. The molecule has 0 saturated heterocycles. The van der Waals surface area contributed by atoms with Crippen LogP contribution in [0.25, 0.3) is 10.9 Å². The highest BCUT2D eigenvalue weighted by Gasteiger charge is 2.34. The Morgan fingerprint density at radius 2 is 1.96 bits per heavy atom. The second-order valence-corrected chi connectivity index (χ2v) is 6.54. The van der Waals surface area contributed by atoms with Crippen molar-refractivity contribution in [2.75, 3.05) is 6.54 Å². The van der Waals surface area contributed by atoms with E-state index in [1.165, 1.54) is 30.3 Å². The number of aromatic nitrogens is 3. The molecule has 1 aromatic heterocycles. The van der Waals surface area contributed by atoms with Gasteiger partial charge in [-0.25, -0.2) is 4.68 Å². The minimum atomic E-state index is -4.65. The molecule has 146 valence electrons. The summed E-state index contributed by atoms with van der Waals surface area (Å²) in [6, 6.07) is 8.39. The number of nitrogens with one attached hydrogen (secondary N) is 1. The molecule has 3 aromatic rings. The monoisotopic (exact) mass is 410 g/mol. The summed E-state index contributed by atoms with van der Waals surface area (Å²) in [4.78, 5) is 24.8. The fourth-order valence-electron chi connectivity index (χ4n) is 2.67. The maximum Gasteiger partial charge on any atom is 0.417 e. The van der Waals surface area contributed by atoms with E-state index in [-0.39, 0.29) is 6.54 Å². The van der Waals surface area contributed by atoms with Gasteiger partial charge in [-0.3, -0.25) is 9.59 Å². The van der Waals surface area contributed by atoms with Gasteiger partial charge in [0.2, 0.25) is 0 Å². The normalized spacial score (nSPS) is 12.8. The van der Waals surface area contributed by atoms with Gasteiger partial charge in [0.15, 0.2) is 0 Å². The molecule has 0 spiro atoms. The van der Waals surface area contributed by atoms with Crippen LogP contribution in [-0.4, -0.2) is 27.4 Å². The van der Waals surface area contributed by atoms with Crippen LogP contribution in [0.1, 0.15) is 28.9 Å². The Morgan fingerprint density at radius 3 is 2.68 bits per heavy atom. The standard InChI is InChI=1S/C18H14ClF3N4O2/c1-10(26-17(28)13-7-6-11(19)8-15(13)24-25-26)9-23-16(27)12-4-2-3-5-14(12)18(20,21)22/h2-8,10H,9H2,1H3,(H,23,27). The van der Waals surface area contributed by atoms with Crippen molar-refractivity contribution in [2.45, 2.75) is 19.1 Å². The van der Waals surface area contributed by atoms with Crippen molar-refractivity contribution in [2.24, 2.45) is 0 Å². The minimum Gasteiger partial charge on any atom is -0.350 e. The predicted octanol–water partition coefficient (Wildman–Crippen LogP) is 3.45. The summed E-state index contributed by atoms with van der Waals surface area (Å²) in [5.41, 5.74) is -1.64. The zero-order valence-corrected chi connectivity index (χ0v) is 15.3. The number of rotatable bonds is 4. The topological polar surface area (TPSA) is 76.9 Å². The number of halogens is 4. The van der Waals surface area contributed by atoms with Crippen LogP contribution in [0.2, 0.25) is 5.02 Å². The maximum atomic E-state index is 13.0. The molecule has 0 aliphatic rings. The van der Waals surface area contributed by atoms with Crippen LogP contribution in [0.15, 0.2) is 47.3 Å². The smallest absolute Gasteiger partial charge is 0.350 e. The Morgan fingerprint density at radius 1 is 1.25 bits per heavy atom. The minimum absolute atomic E-state index is 0.112. The molecule has 6 nitrogen and oxygen atoms in total. The molecule has 0 bridgehead atoms. The van der Waals surface area contributed by atoms with E-state index >= 15 is 0 Å². The molecule has 1 atom stereocenters. The first-order valence-electron chi connectivity index (χ1n) is 8.17. The third-order valence-electron chi connectivity index (χ3n) is 4.10. The molecular weight excluding hydrogens is 397 g/mol. The molecule has 3 rings (SSSR count). The van der Waals surface area contributed by atoms with Crippen molar-refractivity contribution in [3.63, 3.8) is 0 Å². The van der Waals surface area contributed by atoms with E-state index in [0.717, 1.165) is 16.8 Å². The summed E-state index contributed by atoms with van der Waals surface area (Å²) < 4.78 is 40.2. The van der Waals surface area contributed by atoms with Gasteiger partial charge in [0.05, 0.1) is 22.6 Å². The Balaban J connectivity index is 1.80. The fraction of sp³-hybridized carbons (Fsp3) is 0.222. The number of benzene rings is 2. The Bertz CT molecular complexity index is 1100. The van der Waals surface area contributed by atoms with E-state index in [0.29, 0.717) is 15.9 Å². The largest absolute Gasteiger partial charge is 0.417 e. The molecule has 1 amide bonds. The van der Waals surface area contributed by atoms with E-state index in [2.05, 4.69) is 15.6 Å². The lowest BCUT2D eigenvalue weighted by atomic mass is 10.1. The number of carbonyl (C=O) groups is 1. The van der Waals surface area contributed by atoms with Gasteiger partial charge in [-0.05, 0) is 37.3 Å². The third-order valence-corrected chi connectivity index (χ3v) is 4.33. The molecule has 1 unspecified atom stereocenters. The predicted molar refractivity (Wildman–Crippen MR) is 97.3 cm³/mol. The lowest BCUT2D eigenvalue weighted by molar-refractivity contribution is -0.137. The van der Waals surface area contributed by atoms with E-state index in [4.69, 9.17) is 11.6 Å². The first kappa shape index (κ1) is 19.8. The van der Waals surface area contributed by atoms with Gasteiger partial charge in [-0.2, -0.15) is 13.2 Å². The quantitative estimate of drug-likeness (QED) is 0.714. The lowest BCUT2D eigenvalue weighted by Crippen LogP contribution is -2.36. The summed E-state index contributed by atoms with van der Waals surface area (Å²) in [5.74, 6) is -0.895. The van der Waals surface area contributed by atoms with Crippen LogP contribution >= 0.6 is 11.6 Å². The van der Waals surface area contributed by atoms with Crippen molar-refractivity contribution in [1.82, 2.24) is 20.3 Å². The molecule has 0 fully saturated rings. The third kappa shape index (κ3) is 3.99. The molecule has 0 aliphatic carbocycles. The SMILES string of the molecule is CC(CNC(=O)c1ccccc1C(F)(F)F)n1nnc2cc(Cl)ccc2c1=O. The van der Waals surface area contributed by atoms with Crippen LogP contribution in [0.4, 0.5) is 13.2 Å². The summed E-state index contributed by atoms with van der Waals surface area (Å²) in [6.45, 7) is 1.48. The maximum absolute atomic E-state index is 13.0. The summed E-state index contributed by atoms with van der Waals surface area (Å²) in [6.07, 6.45) is -4.65. The van der Waals surface area contributed by atoms with Gasteiger partial charge >= 0.3 is 6.18 Å².